The first-order valence-corrected chi connectivity index (χ1v) is 11.1. The highest BCUT2D eigenvalue weighted by Crippen LogP contribution is 2.44. The minimum absolute atomic E-state index is 0.0535. The van der Waals surface area contributed by atoms with Crippen molar-refractivity contribution >= 4 is 18.0 Å². The maximum atomic E-state index is 13.0. The van der Waals surface area contributed by atoms with Gasteiger partial charge in [-0.05, 0) is 41.5 Å². The van der Waals surface area contributed by atoms with E-state index in [9.17, 15) is 14.4 Å². The van der Waals surface area contributed by atoms with Crippen LogP contribution in [0.5, 0.6) is 0 Å². The van der Waals surface area contributed by atoms with Gasteiger partial charge in [-0.15, -0.1) is 0 Å². The lowest BCUT2D eigenvalue weighted by Gasteiger charge is -2.26. The topological polar surface area (TPSA) is 95.9 Å². The molecular weight excluding hydrogens is 408 g/mol. The number of benzene rings is 2. The lowest BCUT2D eigenvalue weighted by atomic mass is 9.98. The lowest BCUT2D eigenvalue weighted by molar-refractivity contribution is -0.145. The highest BCUT2D eigenvalue weighted by atomic mass is 16.5. The number of amides is 2. The molecule has 2 N–H and O–H groups in total. The van der Waals surface area contributed by atoms with Crippen LogP contribution in [0, 0.1) is 0 Å². The van der Waals surface area contributed by atoms with Crippen LogP contribution in [-0.2, 0) is 14.3 Å². The van der Waals surface area contributed by atoms with Gasteiger partial charge in [0, 0.05) is 12.0 Å². The summed E-state index contributed by atoms with van der Waals surface area (Å²) in [5, 5.41) is 11.8. The summed E-state index contributed by atoms with van der Waals surface area (Å²) in [5.74, 6) is -1.48. The molecule has 0 heterocycles. The van der Waals surface area contributed by atoms with Gasteiger partial charge in [0.25, 0.3) is 0 Å². The number of hydrogen-bond donors (Lipinski definition) is 2. The molecule has 4 rings (SSSR count). The molecule has 168 valence electrons. The van der Waals surface area contributed by atoms with Gasteiger partial charge in [0.2, 0.25) is 5.91 Å². The first-order chi connectivity index (χ1) is 15.5. The van der Waals surface area contributed by atoms with Gasteiger partial charge in [-0.1, -0.05) is 61.9 Å². The third-order valence-electron chi connectivity index (χ3n) is 6.09. The molecule has 0 saturated heterocycles. The number of alkyl carbamates (subject to hydrolysis) is 1. The Morgan fingerprint density at radius 1 is 1.06 bits per heavy atom. The minimum Gasteiger partial charge on any atom is -0.480 e. The van der Waals surface area contributed by atoms with E-state index in [0.29, 0.717) is 12.8 Å². The third-order valence-corrected chi connectivity index (χ3v) is 6.09. The maximum absolute atomic E-state index is 13.0. The molecule has 2 aliphatic rings. The van der Waals surface area contributed by atoms with E-state index in [1.165, 1.54) is 4.90 Å². The van der Waals surface area contributed by atoms with E-state index >= 15 is 0 Å². The summed E-state index contributed by atoms with van der Waals surface area (Å²) in [4.78, 5) is 38.2. The zero-order valence-corrected chi connectivity index (χ0v) is 18.1. The van der Waals surface area contributed by atoms with Crippen LogP contribution in [0.2, 0.25) is 0 Å². The molecule has 32 heavy (non-hydrogen) atoms. The monoisotopic (exact) mass is 436 g/mol. The lowest BCUT2D eigenvalue weighted by Crippen LogP contribution is -2.50. The van der Waals surface area contributed by atoms with Crippen molar-refractivity contribution in [2.75, 3.05) is 13.2 Å². The molecule has 0 bridgehead atoms. The molecule has 7 nitrogen and oxygen atoms in total. The Balaban J connectivity index is 1.42. The van der Waals surface area contributed by atoms with E-state index in [0.717, 1.165) is 35.1 Å². The highest BCUT2D eigenvalue weighted by Gasteiger charge is 2.37. The summed E-state index contributed by atoms with van der Waals surface area (Å²) in [6.45, 7) is 1.72. The normalized spacial score (nSPS) is 15.4. The van der Waals surface area contributed by atoms with Gasteiger partial charge in [0.05, 0.1) is 0 Å². The maximum Gasteiger partial charge on any atom is 0.407 e. The van der Waals surface area contributed by atoms with E-state index in [4.69, 9.17) is 9.84 Å². The molecule has 2 aromatic carbocycles. The van der Waals surface area contributed by atoms with Crippen molar-refractivity contribution < 1.29 is 24.2 Å². The molecule has 0 unspecified atom stereocenters. The fourth-order valence-corrected chi connectivity index (χ4v) is 4.45. The van der Waals surface area contributed by atoms with Gasteiger partial charge >= 0.3 is 12.1 Å². The number of carboxylic acid groups (broad SMARTS) is 1. The number of hydrogen-bond acceptors (Lipinski definition) is 4. The summed E-state index contributed by atoms with van der Waals surface area (Å²) in [6, 6.07) is 15.3. The summed E-state index contributed by atoms with van der Waals surface area (Å²) in [6.07, 6.45) is 2.02. The summed E-state index contributed by atoms with van der Waals surface area (Å²) < 4.78 is 5.57. The summed E-state index contributed by atoms with van der Waals surface area (Å²) >= 11 is 0. The number of carboxylic acids is 1. The van der Waals surface area contributed by atoms with Gasteiger partial charge in [0.1, 0.15) is 19.2 Å². The smallest absolute Gasteiger partial charge is 0.407 e. The number of carbonyl (C=O) groups excluding carboxylic acids is 2. The van der Waals surface area contributed by atoms with Crippen molar-refractivity contribution in [1.29, 1.82) is 0 Å². The van der Waals surface area contributed by atoms with Gasteiger partial charge in [-0.3, -0.25) is 9.59 Å². The average molecular weight is 437 g/mol. The second-order valence-corrected chi connectivity index (χ2v) is 8.40. The van der Waals surface area contributed by atoms with Crippen LogP contribution < -0.4 is 5.32 Å². The van der Waals surface area contributed by atoms with E-state index in [2.05, 4.69) is 17.4 Å². The molecule has 2 aromatic rings. The Morgan fingerprint density at radius 3 is 2.19 bits per heavy atom. The van der Waals surface area contributed by atoms with Gasteiger partial charge < -0.3 is 20.1 Å². The quantitative estimate of drug-likeness (QED) is 0.624. The van der Waals surface area contributed by atoms with E-state index in [1.54, 1.807) is 0 Å². The third kappa shape index (κ3) is 4.61. The first-order valence-electron chi connectivity index (χ1n) is 11.1. The zero-order chi connectivity index (χ0) is 22.7. The molecule has 1 fully saturated rings. The number of nitrogens with zero attached hydrogens (tertiary/aromatic N) is 1. The molecule has 1 saturated carbocycles. The van der Waals surface area contributed by atoms with Crippen LogP contribution in [-0.4, -0.2) is 53.2 Å². The molecule has 0 aromatic heterocycles. The average Bonchev–Trinajstić information content (AvgIpc) is 3.58. The molecule has 0 aliphatic heterocycles. The molecular formula is C25H28N2O5. The second-order valence-electron chi connectivity index (χ2n) is 8.40. The Bertz CT molecular complexity index is 971. The number of rotatable bonds is 9. The number of ether oxygens (including phenoxy) is 1. The van der Waals surface area contributed by atoms with Crippen LogP contribution in [0.15, 0.2) is 48.5 Å². The fraction of sp³-hybridized carbons (Fsp3) is 0.400. The van der Waals surface area contributed by atoms with Crippen LogP contribution in [0.3, 0.4) is 0 Å². The van der Waals surface area contributed by atoms with Crippen LogP contribution in [0.4, 0.5) is 4.79 Å². The Kier molecular flexibility index (Phi) is 6.44. The largest absolute Gasteiger partial charge is 0.480 e. The molecule has 2 aliphatic carbocycles. The molecule has 0 radical (unpaired) electrons. The van der Waals surface area contributed by atoms with Crippen molar-refractivity contribution in [2.45, 2.75) is 50.6 Å². The minimum atomic E-state index is -1.05. The molecule has 1 atom stereocenters. The first kappa shape index (κ1) is 21.9. The van der Waals surface area contributed by atoms with Crippen LogP contribution >= 0.6 is 0 Å². The number of aliphatic carboxylic acids is 1. The van der Waals surface area contributed by atoms with Crippen molar-refractivity contribution in [2.24, 2.45) is 0 Å². The predicted molar refractivity (Wildman–Crippen MR) is 119 cm³/mol. The predicted octanol–water partition coefficient (Wildman–Crippen LogP) is 3.77. The van der Waals surface area contributed by atoms with Crippen molar-refractivity contribution in [3.05, 3.63) is 59.7 Å². The van der Waals surface area contributed by atoms with Gasteiger partial charge in [-0.25, -0.2) is 4.79 Å². The van der Waals surface area contributed by atoms with Crippen molar-refractivity contribution in [3.63, 3.8) is 0 Å². The SMILES string of the molecule is CCC[C@H](NC(=O)OCC1c2ccccc2-c2ccccc21)C(=O)N(CC(=O)O)C1CC1. The summed E-state index contributed by atoms with van der Waals surface area (Å²) in [7, 11) is 0. The zero-order valence-electron chi connectivity index (χ0n) is 18.1. The fourth-order valence-electron chi connectivity index (χ4n) is 4.45. The standard InChI is InChI=1S/C25H28N2O5/c1-2-7-22(24(30)27(14-23(28)29)16-12-13-16)26-25(31)32-15-21-19-10-5-3-8-17(19)18-9-4-6-11-20(18)21/h3-6,8-11,16,21-22H,2,7,12-15H2,1H3,(H,26,31)(H,28,29)/t22-/m0/s1. The molecule has 2 amide bonds. The number of fused-ring (bicyclic) bond motifs is 3. The summed E-state index contributed by atoms with van der Waals surface area (Å²) in [5.41, 5.74) is 4.52. The molecule has 7 heteroatoms. The van der Waals surface area contributed by atoms with Gasteiger partial charge in [0.15, 0.2) is 0 Å². The Hall–Kier alpha value is -3.35. The Labute approximate surface area is 187 Å². The second kappa shape index (κ2) is 9.42. The number of carbonyl (C=O) groups is 3. The van der Waals surface area contributed by atoms with Crippen molar-refractivity contribution in [3.8, 4) is 11.1 Å². The Morgan fingerprint density at radius 2 is 1.66 bits per heavy atom. The van der Waals surface area contributed by atoms with E-state index in [-0.39, 0.29) is 31.0 Å². The number of nitrogens with one attached hydrogen (secondary N) is 1. The van der Waals surface area contributed by atoms with Crippen LogP contribution in [0.1, 0.15) is 49.7 Å². The van der Waals surface area contributed by atoms with Crippen LogP contribution in [0.25, 0.3) is 11.1 Å². The van der Waals surface area contributed by atoms with Crippen molar-refractivity contribution in [1.82, 2.24) is 10.2 Å². The van der Waals surface area contributed by atoms with E-state index < -0.39 is 18.1 Å². The van der Waals surface area contributed by atoms with E-state index in [1.807, 2.05) is 43.3 Å². The highest BCUT2D eigenvalue weighted by molar-refractivity contribution is 5.88. The molecule has 0 spiro atoms. The van der Waals surface area contributed by atoms with Gasteiger partial charge in [-0.2, -0.15) is 0 Å².